The number of carboxylic acids is 1. The molecule has 0 fully saturated rings. The fraction of sp³-hybridized carbons (Fsp3) is 0.278. The normalized spacial score (nSPS) is 10.5. The van der Waals surface area contributed by atoms with Crippen LogP contribution in [0.5, 0.6) is 5.75 Å². The summed E-state index contributed by atoms with van der Waals surface area (Å²) in [5, 5.41) is 12.6. The number of anilines is 1. The van der Waals surface area contributed by atoms with Crippen molar-refractivity contribution in [3.8, 4) is 16.9 Å². The van der Waals surface area contributed by atoms with Crippen LogP contribution in [0.15, 0.2) is 42.5 Å². The second-order valence-electron chi connectivity index (χ2n) is 5.41. The standard InChI is InChI=1S/C18H21NO3/c1-12(2)19-16-10-9-14(13-7-5-4-6-8-13)15(11-17(20)21)18(16)22-3/h4-10,12,19H,11H2,1-3H3,(H,20,21). The van der Waals surface area contributed by atoms with Crippen LogP contribution in [0.1, 0.15) is 19.4 Å². The first-order valence-electron chi connectivity index (χ1n) is 7.26. The zero-order chi connectivity index (χ0) is 16.1. The smallest absolute Gasteiger partial charge is 0.307 e. The van der Waals surface area contributed by atoms with Gasteiger partial charge in [0.25, 0.3) is 0 Å². The summed E-state index contributed by atoms with van der Waals surface area (Å²) in [4.78, 5) is 11.3. The van der Waals surface area contributed by atoms with Gasteiger partial charge >= 0.3 is 5.97 Å². The van der Waals surface area contributed by atoms with Crippen LogP contribution in [0, 0.1) is 0 Å². The summed E-state index contributed by atoms with van der Waals surface area (Å²) in [7, 11) is 1.57. The Kier molecular flexibility index (Phi) is 5.04. The van der Waals surface area contributed by atoms with Crippen molar-refractivity contribution in [3.05, 3.63) is 48.0 Å². The van der Waals surface area contributed by atoms with Crippen molar-refractivity contribution < 1.29 is 14.6 Å². The highest BCUT2D eigenvalue weighted by Crippen LogP contribution is 2.37. The van der Waals surface area contributed by atoms with Crippen molar-refractivity contribution in [2.45, 2.75) is 26.3 Å². The molecule has 0 atom stereocenters. The minimum Gasteiger partial charge on any atom is -0.494 e. The second-order valence-corrected chi connectivity index (χ2v) is 5.41. The molecule has 0 aromatic heterocycles. The monoisotopic (exact) mass is 299 g/mol. The third-order valence-electron chi connectivity index (χ3n) is 3.32. The molecule has 2 N–H and O–H groups in total. The van der Waals surface area contributed by atoms with Gasteiger partial charge in [-0.25, -0.2) is 0 Å². The molecule has 0 heterocycles. The molecule has 0 radical (unpaired) electrons. The molecule has 0 aliphatic carbocycles. The summed E-state index contributed by atoms with van der Waals surface area (Å²) >= 11 is 0. The molecular weight excluding hydrogens is 278 g/mol. The van der Waals surface area contributed by atoms with Crippen LogP contribution < -0.4 is 10.1 Å². The van der Waals surface area contributed by atoms with E-state index < -0.39 is 5.97 Å². The van der Waals surface area contributed by atoms with E-state index in [4.69, 9.17) is 4.74 Å². The van der Waals surface area contributed by atoms with Crippen molar-refractivity contribution in [1.82, 2.24) is 0 Å². The van der Waals surface area contributed by atoms with Crippen LogP contribution in [0.4, 0.5) is 5.69 Å². The van der Waals surface area contributed by atoms with Gasteiger partial charge < -0.3 is 15.2 Å². The molecule has 0 amide bonds. The largest absolute Gasteiger partial charge is 0.494 e. The van der Waals surface area contributed by atoms with E-state index in [0.717, 1.165) is 16.8 Å². The van der Waals surface area contributed by atoms with Crippen LogP contribution in [0.2, 0.25) is 0 Å². The minimum atomic E-state index is -0.878. The summed E-state index contributed by atoms with van der Waals surface area (Å²) in [5.41, 5.74) is 3.36. The molecule has 0 aliphatic heterocycles. The first-order chi connectivity index (χ1) is 10.5. The van der Waals surface area contributed by atoms with Gasteiger partial charge in [-0.05, 0) is 31.0 Å². The van der Waals surface area contributed by atoms with E-state index in [1.807, 2.05) is 56.3 Å². The maximum absolute atomic E-state index is 11.3. The first-order valence-corrected chi connectivity index (χ1v) is 7.26. The van der Waals surface area contributed by atoms with Gasteiger partial charge in [0.15, 0.2) is 0 Å². The number of nitrogens with one attached hydrogen (secondary N) is 1. The zero-order valence-electron chi connectivity index (χ0n) is 13.1. The molecule has 4 heteroatoms. The molecule has 0 spiro atoms. The average Bonchev–Trinajstić information content (AvgIpc) is 2.47. The van der Waals surface area contributed by atoms with Gasteiger partial charge in [-0.15, -0.1) is 0 Å². The Balaban J connectivity index is 2.61. The number of ether oxygens (including phenoxy) is 1. The molecule has 0 saturated heterocycles. The number of aliphatic carboxylic acids is 1. The Morgan fingerprint density at radius 2 is 1.86 bits per heavy atom. The van der Waals surface area contributed by atoms with Gasteiger partial charge in [0.2, 0.25) is 0 Å². The minimum absolute atomic E-state index is 0.0823. The van der Waals surface area contributed by atoms with E-state index in [9.17, 15) is 9.90 Å². The first kappa shape index (κ1) is 15.9. The lowest BCUT2D eigenvalue weighted by atomic mass is 9.95. The van der Waals surface area contributed by atoms with E-state index in [-0.39, 0.29) is 12.5 Å². The van der Waals surface area contributed by atoms with E-state index in [1.54, 1.807) is 7.11 Å². The summed E-state index contributed by atoms with van der Waals surface area (Å²) in [6, 6.07) is 13.9. The van der Waals surface area contributed by atoms with Crippen LogP contribution >= 0.6 is 0 Å². The molecule has 2 rings (SSSR count). The Bertz CT molecular complexity index is 651. The van der Waals surface area contributed by atoms with Gasteiger partial charge in [0.05, 0.1) is 19.2 Å². The van der Waals surface area contributed by atoms with Crippen LogP contribution in [-0.4, -0.2) is 24.2 Å². The van der Waals surface area contributed by atoms with Crippen molar-refractivity contribution >= 4 is 11.7 Å². The van der Waals surface area contributed by atoms with Gasteiger partial charge in [-0.1, -0.05) is 36.4 Å². The molecule has 0 saturated carbocycles. The number of carbonyl (C=O) groups is 1. The third kappa shape index (κ3) is 3.58. The molecule has 116 valence electrons. The maximum atomic E-state index is 11.3. The predicted molar refractivity (Wildman–Crippen MR) is 88.5 cm³/mol. The van der Waals surface area contributed by atoms with E-state index >= 15 is 0 Å². The molecule has 0 aliphatic rings. The van der Waals surface area contributed by atoms with Gasteiger partial charge in [0.1, 0.15) is 5.75 Å². The van der Waals surface area contributed by atoms with Crippen molar-refractivity contribution in [2.24, 2.45) is 0 Å². The lowest BCUT2D eigenvalue weighted by molar-refractivity contribution is -0.136. The van der Waals surface area contributed by atoms with E-state index in [0.29, 0.717) is 11.3 Å². The summed E-state index contributed by atoms with van der Waals surface area (Å²) in [5.74, 6) is -0.283. The van der Waals surface area contributed by atoms with Gasteiger partial charge in [-0.3, -0.25) is 4.79 Å². The fourth-order valence-electron chi connectivity index (χ4n) is 2.50. The zero-order valence-corrected chi connectivity index (χ0v) is 13.1. The number of hydrogen-bond donors (Lipinski definition) is 2. The molecular formula is C18H21NO3. The average molecular weight is 299 g/mol. The van der Waals surface area contributed by atoms with E-state index in [1.165, 1.54) is 0 Å². The number of methoxy groups -OCH3 is 1. The highest BCUT2D eigenvalue weighted by molar-refractivity contribution is 5.82. The van der Waals surface area contributed by atoms with E-state index in [2.05, 4.69) is 5.32 Å². The van der Waals surface area contributed by atoms with Crippen LogP contribution in [0.3, 0.4) is 0 Å². The summed E-state index contributed by atoms with van der Waals surface area (Å²) in [6.45, 7) is 4.06. The van der Waals surface area contributed by atoms with Gasteiger partial charge in [-0.2, -0.15) is 0 Å². The number of hydrogen-bond acceptors (Lipinski definition) is 3. The summed E-state index contributed by atoms with van der Waals surface area (Å²) in [6.07, 6.45) is -0.0823. The topological polar surface area (TPSA) is 58.6 Å². The van der Waals surface area contributed by atoms with Crippen molar-refractivity contribution in [3.63, 3.8) is 0 Å². The molecule has 2 aromatic rings. The lowest BCUT2D eigenvalue weighted by Gasteiger charge is -2.19. The Labute approximate surface area is 130 Å². The number of benzene rings is 2. The third-order valence-corrected chi connectivity index (χ3v) is 3.32. The quantitative estimate of drug-likeness (QED) is 0.851. The van der Waals surface area contributed by atoms with Crippen LogP contribution in [-0.2, 0) is 11.2 Å². The molecule has 0 unspecified atom stereocenters. The predicted octanol–water partition coefficient (Wildman–Crippen LogP) is 3.81. The second kappa shape index (κ2) is 6.98. The van der Waals surface area contributed by atoms with Crippen LogP contribution in [0.25, 0.3) is 11.1 Å². The number of carboxylic acid groups (broad SMARTS) is 1. The molecule has 22 heavy (non-hydrogen) atoms. The Hall–Kier alpha value is -2.49. The SMILES string of the molecule is COc1c(NC(C)C)ccc(-c2ccccc2)c1CC(=O)O. The van der Waals surface area contributed by atoms with Gasteiger partial charge in [0, 0.05) is 11.6 Å². The lowest BCUT2D eigenvalue weighted by Crippen LogP contribution is -2.13. The molecule has 4 nitrogen and oxygen atoms in total. The summed E-state index contributed by atoms with van der Waals surface area (Å²) < 4.78 is 5.51. The Morgan fingerprint density at radius 1 is 1.18 bits per heavy atom. The molecule has 2 aromatic carbocycles. The highest BCUT2D eigenvalue weighted by atomic mass is 16.5. The number of rotatable bonds is 6. The highest BCUT2D eigenvalue weighted by Gasteiger charge is 2.18. The van der Waals surface area contributed by atoms with Crippen molar-refractivity contribution in [1.29, 1.82) is 0 Å². The Morgan fingerprint density at radius 3 is 2.41 bits per heavy atom. The fourth-order valence-corrected chi connectivity index (χ4v) is 2.50. The maximum Gasteiger partial charge on any atom is 0.307 e. The van der Waals surface area contributed by atoms with Crippen molar-refractivity contribution in [2.75, 3.05) is 12.4 Å². The molecule has 0 bridgehead atoms.